The van der Waals surface area contributed by atoms with Crippen LogP contribution < -0.4 is 27.5 Å². The molecule has 23 heteroatoms. The van der Waals surface area contributed by atoms with Gasteiger partial charge in [-0.2, -0.15) is 0 Å². The molecule has 0 spiro atoms. The first kappa shape index (κ1) is 35.4. The molecule has 4 aliphatic rings. The third kappa shape index (κ3) is 7.24. The molecule has 6 rings (SSSR count). The number of anilines is 1. The van der Waals surface area contributed by atoms with E-state index in [2.05, 4.69) is 26.0 Å². The number of hydrogen-bond acceptors (Lipinski definition) is 17. The molecule has 1 fully saturated rings. The van der Waals surface area contributed by atoms with Crippen molar-refractivity contribution in [3.8, 4) is 0 Å². The Morgan fingerprint density at radius 1 is 1.20 bits per heavy atom. The second-order valence-electron chi connectivity index (χ2n) is 10.8. The molecular formula is C28H27N11O9S3. The number of hydroxylamine groups is 2. The minimum Gasteiger partial charge on any atom is -0.477 e. The molecule has 0 unspecified atom stereocenters. The van der Waals surface area contributed by atoms with Crippen LogP contribution in [0.25, 0.3) is 0 Å². The number of benzene rings is 1. The van der Waals surface area contributed by atoms with Gasteiger partial charge >= 0.3 is 12.0 Å². The van der Waals surface area contributed by atoms with Crippen LogP contribution in [0.3, 0.4) is 0 Å². The molecule has 1 aromatic heterocycles. The number of urea groups is 1. The number of hydrogen-bond donors (Lipinski definition) is 8. The van der Waals surface area contributed by atoms with Crippen molar-refractivity contribution >= 4 is 81.1 Å². The molecule has 5 amide bonds. The maximum atomic E-state index is 13.5. The number of aromatic nitrogens is 1. The van der Waals surface area contributed by atoms with Crippen molar-refractivity contribution in [3.05, 3.63) is 80.9 Å². The quantitative estimate of drug-likeness (QED) is 0.0670. The number of hydrazine groups is 2. The van der Waals surface area contributed by atoms with E-state index in [-0.39, 0.29) is 45.9 Å². The van der Waals surface area contributed by atoms with Crippen LogP contribution in [0.5, 0.6) is 0 Å². The Morgan fingerprint density at radius 2 is 1.96 bits per heavy atom. The number of rotatable bonds is 11. The van der Waals surface area contributed by atoms with Crippen molar-refractivity contribution in [2.24, 2.45) is 10.1 Å². The molecular weight excluding hydrogens is 731 g/mol. The molecule has 51 heavy (non-hydrogen) atoms. The summed E-state index contributed by atoms with van der Waals surface area (Å²) in [5.41, 5.74) is 13.1. The number of nitrogens with two attached hydrogens (primary N) is 1. The molecule has 1 saturated heterocycles. The predicted octanol–water partition coefficient (Wildman–Crippen LogP) is 0.488. The number of oxime groups is 1. The van der Waals surface area contributed by atoms with Crippen LogP contribution in [0.15, 0.2) is 74.2 Å². The zero-order valence-electron chi connectivity index (χ0n) is 26.1. The first-order chi connectivity index (χ1) is 24.5. The summed E-state index contributed by atoms with van der Waals surface area (Å²) in [5.74, 6) is -2.68. The van der Waals surface area contributed by atoms with E-state index in [4.69, 9.17) is 21.0 Å². The largest absolute Gasteiger partial charge is 0.477 e. The van der Waals surface area contributed by atoms with E-state index in [0.29, 0.717) is 27.7 Å². The molecule has 0 saturated carbocycles. The van der Waals surface area contributed by atoms with Gasteiger partial charge in [-0.15, -0.1) is 40.4 Å². The van der Waals surface area contributed by atoms with Crippen LogP contribution in [0.4, 0.5) is 9.93 Å². The van der Waals surface area contributed by atoms with Gasteiger partial charge in [-0.25, -0.2) is 40.5 Å². The zero-order valence-corrected chi connectivity index (χ0v) is 28.5. The average molecular weight is 758 g/mol. The number of nitrogens with one attached hydrogen (secondary N) is 4. The normalized spacial score (nSPS) is 19.7. The summed E-state index contributed by atoms with van der Waals surface area (Å²) in [4.78, 5) is 77.8. The van der Waals surface area contributed by atoms with Gasteiger partial charge in [-0.1, -0.05) is 17.3 Å². The zero-order chi connectivity index (χ0) is 36.4. The third-order valence-corrected chi connectivity index (χ3v) is 10.6. The Morgan fingerprint density at radius 3 is 2.63 bits per heavy atom. The molecule has 9 N–H and O–H groups in total. The van der Waals surface area contributed by atoms with E-state index in [1.54, 1.807) is 25.1 Å². The monoisotopic (exact) mass is 757 g/mol. The first-order valence-corrected chi connectivity index (χ1v) is 17.5. The van der Waals surface area contributed by atoms with Crippen molar-refractivity contribution in [2.75, 3.05) is 17.2 Å². The summed E-state index contributed by atoms with van der Waals surface area (Å²) >= 11 is 3.58. The van der Waals surface area contributed by atoms with E-state index in [0.717, 1.165) is 21.2 Å². The van der Waals surface area contributed by atoms with Crippen LogP contribution in [0.2, 0.25) is 0 Å². The van der Waals surface area contributed by atoms with Gasteiger partial charge in [0.05, 0.1) is 11.2 Å². The number of carboxylic acid groups (broad SMARTS) is 1. The topological polar surface area (TPSA) is 277 Å². The van der Waals surface area contributed by atoms with E-state index in [1.165, 1.54) is 63.2 Å². The number of amides is 5. The molecule has 0 aliphatic carbocycles. The van der Waals surface area contributed by atoms with Gasteiger partial charge in [0, 0.05) is 28.2 Å². The molecule has 2 atom stereocenters. The minimum absolute atomic E-state index is 0.0956. The number of aliphatic imine (C=N–C) groups is 1. The minimum atomic E-state index is -1.31. The van der Waals surface area contributed by atoms with E-state index < -0.39 is 41.1 Å². The van der Waals surface area contributed by atoms with E-state index >= 15 is 0 Å². The van der Waals surface area contributed by atoms with Crippen LogP contribution in [0, 0.1) is 0 Å². The van der Waals surface area contributed by atoms with Crippen molar-refractivity contribution < 1.29 is 44.3 Å². The lowest BCUT2D eigenvalue weighted by Crippen LogP contribution is -2.71. The number of thiazole rings is 1. The van der Waals surface area contributed by atoms with Crippen molar-refractivity contribution in [1.29, 1.82) is 0 Å². The first-order valence-electron chi connectivity index (χ1n) is 14.6. The number of β-lactam (4-membered cyclic amide) rings is 1. The summed E-state index contributed by atoms with van der Waals surface area (Å²) in [6.07, 6.45) is 3.09. The van der Waals surface area contributed by atoms with Crippen LogP contribution in [0.1, 0.15) is 28.5 Å². The highest BCUT2D eigenvalue weighted by molar-refractivity contribution is 8.03. The van der Waals surface area contributed by atoms with Gasteiger partial charge in [-0.3, -0.25) is 29.7 Å². The molecule has 1 aromatic carbocycles. The second-order valence-corrected chi connectivity index (χ2v) is 13.8. The molecule has 0 radical (unpaired) electrons. The third-order valence-electron chi connectivity index (χ3n) is 7.45. The van der Waals surface area contributed by atoms with Crippen molar-refractivity contribution in [1.82, 2.24) is 41.7 Å². The molecule has 20 nitrogen and oxygen atoms in total. The van der Waals surface area contributed by atoms with E-state index in [1.807, 2.05) is 0 Å². The lowest BCUT2D eigenvalue weighted by atomic mass is 10.0. The Kier molecular flexibility index (Phi) is 10.3. The van der Waals surface area contributed by atoms with Crippen LogP contribution >= 0.6 is 34.9 Å². The van der Waals surface area contributed by atoms with Gasteiger partial charge in [-0.05, 0) is 36.3 Å². The molecule has 5 heterocycles. The fourth-order valence-electron chi connectivity index (χ4n) is 5.08. The lowest BCUT2D eigenvalue weighted by molar-refractivity contribution is -0.150. The van der Waals surface area contributed by atoms with Gasteiger partial charge < -0.3 is 21.0 Å². The van der Waals surface area contributed by atoms with Crippen LogP contribution in [-0.2, 0) is 25.8 Å². The number of allylic oxidation sites excluding steroid dienone is 1. The number of nitrogens with zero attached hydrogens (tertiary/aromatic N) is 6. The number of aliphatic carboxylic acids is 1. The van der Waals surface area contributed by atoms with Crippen LogP contribution in [-0.4, -0.2) is 99.5 Å². The number of carbonyl (C=O) groups is 5. The molecule has 266 valence electrons. The second kappa shape index (κ2) is 14.8. The average Bonchev–Trinajstić information content (AvgIpc) is 3.76. The van der Waals surface area contributed by atoms with Gasteiger partial charge in [0.1, 0.15) is 29.4 Å². The number of carbonyl (C=O) groups excluding carboxylic acids is 4. The van der Waals surface area contributed by atoms with Gasteiger partial charge in [0.2, 0.25) is 0 Å². The Hall–Kier alpha value is -5.46. The lowest BCUT2D eigenvalue weighted by Gasteiger charge is -2.49. The number of carboxylic acids is 1. The number of fused-ring (bicyclic) bond motifs is 2. The predicted molar refractivity (Wildman–Crippen MR) is 182 cm³/mol. The Labute approximate surface area is 299 Å². The standard InChI is InChI=1S/C28H27N11O9S3/c1-12-6-18(39-17(30-12)7-37(36-39)28(45)34-47)49-9-15-10-50-25-20(24(42)38(25)21(15)26(43)44)32-23(41)19(16-11-51-27(29)31-16)35-48-8-13-2-4-14(5-3-13)22(40)33-46/h2-7,11,20,25,36,46-47H,8-10H2,1H3,(H2,29,31)(H,32,41)(H,33,40)(H,34,45)(H,43,44)/t20-,25-/m1/s1. The smallest absolute Gasteiger partial charge is 0.361 e. The highest BCUT2D eigenvalue weighted by Crippen LogP contribution is 2.42. The van der Waals surface area contributed by atoms with E-state index in [9.17, 15) is 29.1 Å². The van der Waals surface area contributed by atoms with Crippen molar-refractivity contribution in [3.63, 3.8) is 0 Å². The van der Waals surface area contributed by atoms with Crippen molar-refractivity contribution in [2.45, 2.75) is 24.9 Å². The highest BCUT2D eigenvalue weighted by atomic mass is 32.2. The Bertz CT molecular complexity index is 1960. The number of nitrogen functional groups attached to an aromatic ring is 1. The summed E-state index contributed by atoms with van der Waals surface area (Å²) in [6, 6.07) is 4.11. The SMILES string of the molecule is CC1=NC2=CN(C(=O)NO)NN2C(SCC2=C(C(=O)O)N3C(=O)[C@@H](NC(=O)C(=NOCc4ccc(C(=O)NO)cc4)c4csc(N)n4)[C@H]3SC2)=C1. The fourth-order valence-corrected chi connectivity index (χ4v) is 8.18. The fraction of sp³-hybridized carbons (Fsp3) is 0.214. The molecule has 2 aromatic rings. The summed E-state index contributed by atoms with van der Waals surface area (Å²) in [7, 11) is 0. The highest BCUT2D eigenvalue weighted by Gasteiger charge is 2.54. The van der Waals surface area contributed by atoms with Gasteiger partial charge in [0.15, 0.2) is 16.7 Å². The molecule has 4 aliphatic heterocycles. The summed E-state index contributed by atoms with van der Waals surface area (Å²) in [6.45, 7) is 1.64. The summed E-state index contributed by atoms with van der Waals surface area (Å²) in [5, 5.41) is 38.5. The summed E-state index contributed by atoms with van der Waals surface area (Å²) < 4.78 is 0. The Balaban J connectivity index is 1.13. The maximum Gasteiger partial charge on any atom is 0.361 e. The van der Waals surface area contributed by atoms with Gasteiger partial charge in [0.25, 0.3) is 17.7 Å². The maximum absolute atomic E-state index is 13.5. The molecule has 0 bridgehead atoms. The number of thioether (sulfide) groups is 2.